The van der Waals surface area contributed by atoms with E-state index < -0.39 is 31.9 Å². The van der Waals surface area contributed by atoms with Crippen molar-refractivity contribution in [1.82, 2.24) is 0 Å². The summed E-state index contributed by atoms with van der Waals surface area (Å²) in [4.78, 5) is 23.8. The van der Waals surface area contributed by atoms with Gasteiger partial charge < -0.3 is 9.47 Å². The Morgan fingerprint density at radius 3 is 1.31 bits per heavy atom. The fourth-order valence-corrected chi connectivity index (χ4v) is 4.83. The highest BCUT2D eigenvalue weighted by Crippen LogP contribution is 2.16. The quantitative estimate of drug-likeness (QED) is 0.183. The van der Waals surface area contributed by atoms with Gasteiger partial charge in [0.05, 0.1) is 36.9 Å². The maximum Gasteiger partial charge on any atom is 0.145 e. The molecule has 0 aromatic rings. The second kappa shape index (κ2) is 18.6. The molecule has 0 heterocycles. The molecule has 0 saturated heterocycles. The van der Waals surface area contributed by atoms with Crippen molar-refractivity contribution in [3.63, 3.8) is 0 Å². The van der Waals surface area contributed by atoms with E-state index in [0.717, 1.165) is 25.7 Å². The SMILES string of the molecule is CCCCC(=O)CC(C)C(COCCOCC(C(C)CC(=O)CCCC)[SH](=O)=O)[SH](=O)=O. The van der Waals surface area contributed by atoms with E-state index in [1.54, 1.807) is 13.8 Å². The molecule has 0 radical (unpaired) electrons. The van der Waals surface area contributed by atoms with E-state index in [1.165, 1.54) is 0 Å². The molecule has 0 spiro atoms. The van der Waals surface area contributed by atoms with Crippen LogP contribution in [0.5, 0.6) is 0 Å². The van der Waals surface area contributed by atoms with E-state index in [1.807, 2.05) is 13.8 Å². The second-order valence-corrected chi connectivity index (χ2v) is 11.0. The van der Waals surface area contributed by atoms with Crippen molar-refractivity contribution in [2.45, 2.75) is 89.6 Å². The maximum atomic E-state index is 11.9. The predicted octanol–water partition coefficient (Wildman–Crippen LogP) is 2.55. The van der Waals surface area contributed by atoms with Crippen LogP contribution in [0.1, 0.15) is 79.1 Å². The summed E-state index contributed by atoms with van der Waals surface area (Å²) in [6.45, 7) is 7.61. The average molecular weight is 499 g/mol. The van der Waals surface area contributed by atoms with Gasteiger partial charge in [-0.2, -0.15) is 0 Å². The zero-order chi connectivity index (χ0) is 24.5. The molecule has 190 valence electrons. The average Bonchev–Trinajstić information content (AvgIpc) is 2.71. The van der Waals surface area contributed by atoms with E-state index >= 15 is 0 Å². The minimum Gasteiger partial charge on any atom is -0.378 e. The molecular formula is C22H42O8S2. The molecule has 0 amide bonds. The first kappa shape index (κ1) is 31.2. The number of Topliss-reactive ketones (excluding diaryl/α,β-unsaturated/α-hetero) is 2. The lowest BCUT2D eigenvalue weighted by Gasteiger charge is -2.19. The van der Waals surface area contributed by atoms with Crippen molar-refractivity contribution < 1.29 is 35.9 Å². The van der Waals surface area contributed by atoms with E-state index in [0.29, 0.717) is 12.8 Å². The zero-order valence-electron chi connectivity index (χ0n) is 20.0. The van der Waals surface area contributed by atoms with Gasteiger partial charge >= 0.3 is 0 Å². The summed E-state index contributed by atoms with van der Waals surface area (Å²) in [6, 6.07) is 0. The van der Waals surface area contributed by atoms with Crippen LogP contribution in [0.15, 0.2) is 0 Å². The second-order valence-electron chi connectivity index (χ2n) is 8.50. The van der Waals surface area contributed by atoms with Gasteiger partial charge in [-0.25, -0.2) is 16.8 Å². The number of carbonyl (C=O) groups excluding carboxylic acids is 2. The number of rotatable bonds is 21. The van der Waals surface area contributed by atoms with Crippen molar-refractivity contribution in [2.75, 3.05) is 26.4 Å². The fourth-order valence-electron chi connectivity index (χ4n) is 3.33. The highest BCUT2D eigenvalue weighted by atomic mass is 32.2. The molecule has 0 aromatic heterocycles. The molecular weight excluding hydrogens is 456 g/mol. The first-order chi connectivity index (χ1) is 15.1. The van der Waals surface area contributed by atoms with Crippen LogP contribution in [0, 0.1) is 11.8 Å². The molecule has 8 nitrogen and oxygen atoms in total. The van der Waals surface area contributed by atoms with Crippen LogP contribution in [-0.2, 0) is 40.5 Å². The van der Waals surface area contributed by atoms with Crippen LogP contribution in [-0.4, -0.2) is 65.3 Å². The standard InChI is InChI=1S/C22H42O8S2/c1-5-7-9-19(23)13-17(3)21(31(25)26)15-29-11-12-30-16-22(32(27)28)18(4)14-20(24)10-8-6-2/h17-18,21-22,31-32H,5-16H2,1-4H3. The number of ether oxygens (including phenoxy) is 2. The molecule has 0 saturated carbocycles. The third kappa shape index (κ3) is 14.3. The highest BCUT2D eigenvalue weighted by molar-refractivity contribution is 7.73. The molecule has 32 heavy (non-hydrogen) atoms. The Morgan fingerprint density at radius 2 is 1.03 bits per heavy atom. The third-order valence-corrected chi connectivity index (χ3v) is 7.92. The van der Waals surface area contributed by atoms with Gasteiger partial charge in [0.15, 0.2) is 0 Å². The number of hydrogen-bond donors (Lipinski definition) is 2. The summed E-state index contributed by atoms with van der Waals surface area (Å²) < 4.78 is 57.1. The van der Waals surface area contributed by atoms with Gasteiger partial charge in [-0.3, -0.25) is 9.59 Å². The molecule has 0 aliphatic carbocycles. The molecule has 0 aliphatic heterocycles. The molecule has 0 rings (SSSR count). The highest BCUT2D eigenvalue weighted by Gasteiger charge is 2.24. The fraction of sp³-hybridized carbons (Fsp3) is 0.909. The van der Waals surface area contributed by atoms with Crippen LogP contribution in [0.2, 0.25) is 0 Å². The molecule has 4 atom stereocenters. The van der Waals surface area contributed by atoms with Crippen molar-refractivity contribution in [1.29, 1.82) is 0 Å². The monoisotopic (exact) mass is 498 g/mol. The number of hydrogen-bond acceptors (Lipinski definition) is 8. The van der Waals surface area contributed by atoms with Gasteiger partial charge in [-0.15, -0.1) is 0 Å². The lowest BCUT2D eigenvalue weighted by molar-refractivity contribution is -0.121. The van der Waals surface area contributed by atoms with E-state index in [-0.39, 0.29) is 62.7 Å². The molecule has 0 fully saturated rings. The Kier molecular flexibility index (Phi) is 18.1. The zero-order valence-corrected chi connectivity index (χ0v) is 21.7. The van der Waals surface area contributed by atoms with Crippen LogP contribution < -0.4 is 0 Å². The lowest BCUT2D eigenvalue weighted by Crippen LogP contribution is -2.30. The number of carbonyl (C=O) groups is 2. The van der Waals surface area contributed by atoms with Crippen molar-refractivity contribution in [3.05, 3.63) is 0 Å². The van der Waals surface area contributed by atoms with Gasteiger partial charge in [-0.1, -0.05) is 40.5 Å². The first-order valence-corrected chi connectivity index (χ1v) is 14.1. The van der Waals surface area contributed by atoms with E-state index in [4.69, 9.17) is 9.47 Å². The van der Waals surface area contributed by atoms with E-state index in [2.05, 4.69) is 0 Å². The Labute approximate surface area is 196 Å². The van der Waals surface area contributed by atoms with Crippen molar-refractivity contribution in [3.8, 4) is 0 Å². The largest absolute Gasteiger partial charge is 0.378 e. The summed E-state index contributed by atoms with van der Waals surface area (Å²) in [7, 11) is -5.48. The number of unbranched alkanes of at least 4 members (excludes halogenated alkanes) is 2. The normalized spacial score (nSPS) is 15.6. The lowest BCUT2D eigenvalue weighted by atomic mass is 9.98. The van der Waals surface area contributed by atoms with Gasteiger partial charge in [0.2, 0.25) is 0 Å². The van der Waals surface area contributed by atoms with Gasteiger partial charge in [-0.05, 0) is 24.7 Å². The number of thiol groups is 2. The summed E-state index contributed by atoms with van der Waals surface area (Å²) in [6.07, 6.45) is 4.77. The summed E-state index contributed by atoms with van der Waals surface area (Å²) in [5.74, 6) is -0.545. The van der Waals surface area contributed by atoms with Crippen molar-refractivity contribution >= 4 is 33.0 Å². The maximum absolute atomic E-state index is 11.9. The van der Waals surface area contributed by atoms with Crippen LogP contribution in [0.3, 0.4) is 0 Å². The minimum atomic E-state index is -2.74. The Bertz CT molecular complexity index is 613. The Hall–Kier alpha value is -0.840. The van der Waals surface area contributed by atoms with Gasteiger partial charge in [0, 0.05) is 25.7 Å². The topological polar surface area (TPSA) is 121 Å². The van der Waals surface area contributed by atoms with E-state index in [9.17, 15) is 26.4 Å². The van der Waals surface area contributed by atoms with Gasteiger partial charge in [0.1, 0.15) is 33.0 Å². The van der Waals surface area contributed by atoms with Gasteiger partial charge in [0.25, 0.3) is 0 Å². The summed E-state index contributed by atoms with van der Waals surface area (Å²) in [5, 5.41) is -1.51. The molecule has 0 aliphatic rings. The molecule has 4 unspecified atom stereocenters. The Balaban J connectivity index is 4.38. The third-order valence-electron chi connectivity index (χ3n) is 5.52. The molecule has 0 N–H and O–H groups in total. The Morgan fingerprint density at radius 1 is 0.688 bits per heavy atom. The molecule has 0 aromatic carbocycles. The molecule has 10 heteroatoms. The first-order valence-electron chi connectivity index (χ1n) is 11.6. The van der Waals surface area contributed by atoms with Crippen LogP contribution in [0.4, 0.5) is 0 Å². The smallest absolute Gasteiger partial charge is 0.145 e. The minimum absolute atomic E-state index is 0.0358. The van der Waals surface area contributed by atoms with Crippen molar-refractivity contribution in [2.24, 2.45) is 11.8 Å². The summed E-state index contributed by atoms with van der Waals surface area (Å²) >= 11 is 0. The predicted molar refractivity (Wildman–Crippen MR) is 126 cm³/mol. The van der Waals surface area contributed by atoms with Crippen LogP contribution >= 0.6 is 0 Å². The molecule has 0 bridgehead atoms. The van der Waals surface area contributed by atoms with Crippen LogP contribution in [0.25, 0.3) is 0 Å². The summed E-state index contributed by atoms with van der Waals surface area (Å²) in [5.41, 5.74) is 0. The number of ketones is 2.